The molecule has 0 aromatic heterocycles. The first-order valence-corrected chi connectivity index (χ1v) is 10.1. The van der Waals surface area contributed by atoms with E-state index in [4.69, 9.17) is 25.8 Å². The molecule has 1 amide bonds. The first-order chi connectivity index (χ1) is 13.2. The molecule has 0 aliphatic carbocycles. The van der Waals surface area contributed by atoms with Gasteiger partial charge in [-0.2, -0.15) is 0 Å². The lowest BCUT2D eigenvalue weighted by Gasteiger charge is -2.42. The fourth-order valence-corrected chi connectivity index (χ4v) is 3.61. The summed E-state index contributed by atoms with van der Waals surface area (Å²) in [6.45, 7) is 7.47. The number of hydrogen-bond acceptors (Lipinski definition) is 5. The van der Waals surface area contributed by atoms with Crippen LogP contribution in [0.4, 0.5) is 4.79 Å². The van der Waals surface area contributed by atoms with Crippen LogP contribution >= 0.6 is 11.6 Å². The largest absolute Gasteiger partial charge is 0.444 e. The second-order valence-corrected chi connectivity index (χ2v) is 8.68. The fraction of sp³-hybridized carbons (Fsp3) is 0.667. The Bertz CT molecular complexity index is 648. The number of methoxy groups -OCH3 is 1. The Labute approximate surface area is 172 Å². The molecular weight excluding hydrogens is 382 g/mol. The van der Waals surface area contributed by atoms with Gasteiger partial charge in [-0.25, -0.2) is 4.79 Å². The van der Waals surface area contributed by atoms with Crippen LogP contribution < -0.4 is 0 Å². The maximum atomic E-state index is 12.5. The van der Waals surface area contributed by atoms with Gasteiger partial charge in [-0.1, -0.05) is 23.7 Å². The van der Waals surface area contributed by atoms with E-state index in [1.54, 1.807) is 24.1 Å². The van der Waals surface area contributed by atoms with E-state index in [1.807, 2.05) is 32.9 Å². The third-order valence-electron chi connectivity index (χ3n) is 4.83. The molecular formula is C21H32ClNO5. The monoisotopic (exact) mass is 413 g/mol. The summed E-state index contributed by atoms with van der Waals surface area (Å²) in [4.78, 5) is 14.2. The number of halogens is 1. The van der Waals surface area contributed by atoms with Crippen molar-refractivity contribution in [2.24, 2.45) is 5.92 Å². The Hall–Kier alpha value is -1.34. The summed E-state index contributed by atoms with van der Waals surface area (Å²) in [6.07, 6.45) is 1.20. The molecule has 0 spiro atoms. The van der Waals surface area contributed by atoms with Gasteiger partial charge < -0.3 is 24.2 Å². The highest BCUT2D eigenvalue weighted by molar-refractivity contribution is 6.30. The van der Waals surface area contributed by atoms with E-state index in [9.17, 15) is 9.90 Å². The normalized spacial score (nSPS) is 19.9. The standard InChI is InChI=1S/C21H32ClNO5/c1-20(2,3)28-19(24)23-10-6-8-17(14-23)21(25,15-27-12-11-26-4)16-7-5-9-18(22)13-16/h5,7,9,13,17,25H,6,8,10-12,14-15H2,1-4H3/t17-,21-/m1/s1. The molecule has 1 saturated heterocycles. The van der Waals surface area contributed by atoms with Crippen LogP contribution in [-0.2, 0) is 19.8 Å². The van der Waals surface area contributed by atoms with Crippen molar-refractivity contribution in [3.63, 3.8) is 0 Å². The van der Waals surface area contributed by atoms with Gasteiger partial charge in [-0.15, -0.1) is 0 Å². The predicted octanol–water partition coefficient (Wildman–Crippen LogP) is 3.84. The minimum Gasteiger partial charge on any atom is -0.444 e. The molecule has 0 unspecified atom stereocenters. The van der Waals surface area contributed by atoms with Gasteiger partial charge in [0.05, 0.1) is 19.8 Å². The van der Waals surface area contributed by atoms with Crippen molar-refractivity contribution in [1.29, 1.82) is 0 Å². The van der Waals surface area contributed by atoms with Crippen LogP contribution in [0.25, 0.3) is 0 Å². The summed E-state index contributed by atoms with van der Waals surface area (Å²) in [5, 5.41) is 12.2. The van der Waals surface area contributed by atoms with E-state index in [0.717, 1.165) is 12.8 Å². The number of benzene rings is 1. The van der Waals surface area contributed by atoms with E-state index in [0.29, 0.717) is 36.9 Å². The van der Waals surface area contributed by atoms with Crippen LogP contribution in [0.1, 0.15) is 39.2 Å². The maximum absolute atomic E-state index is 12.5. The van der Waals surface area contributed by atoms with E-state index >= 15 is 0 Å². The predicted molar refractivity (Wildman–Crippen MR) is 109 cm³/mol. The Morgan fingerprint density at radius 1 is 1.32 bits per heavy atom. The average molecular weight is 414 g/mol. The summed E-state index contributed by atoms with van der Waals surface area (Å²) in [5.41, 5.74) is -1.14. The average Bonchev–Trinajstić information content (AvgIpc) is 2.64. The molecule has 1 aromatic rings. The SMILES string of the molecule is COCCOC[C@@](O)(c1cccc(Cl)c1)[C@@H]1CCCN(C(=O)OC(C)(C)C)C1. The van der Waals surface area contributed by atoms with Gasteiger partial charge >= 0.3 is 6.09 Å². The molecule has 28 heavy (non-hydrogen) atoms. The highest BCUT2D eigenvalue weighted by atomic mass is 35.5. The van der Waals surface area contributed by atoms with Crippen LogP contribution in [0.15, 0.2) is 24.3 Å². The lowest BCUT2D eigenvalue weighted by molar-refractivity contribution is -0.111. The van der Waals surface area contributed by atoms with Gasteiger partial charge in [-0.05, 0) is 51.3 Å². The maximum Gasteiger partial charge on any atom is 0.410 e. The first-order valence-electron chi connectivity index (χ1n) is 9.69. The lowest BCUT2D eigenvalue weighted by atomic mass is 9.77. The van der Waals surface area contributed by atoms with Gasteiger partial charge in [0.25, 0.3) is 0 Å². The number of hydrogen-bond donors (Lipinski definition) is 1. The summed E-state index contributed by atoms with van der Waals surface area (Å²) >= 11 is 6.17. The Kier molecular flexibility index (Phi) is 8.13. The second-order valence-electron chi connectivity index (χ2n) is 8.25. The quantitative estimate of drug-likeness (QED) is 0.688. The highest BCUT2D eigenvalue weighted by Crippen LogP contribution is 2.37. The van der Waals surface area contributed by atoms with Crippen LogP contribution in [0, 0.1) is 5.92 Å². The smallest absolute Gasteiger partial charge is 0.410 e. The van der Waals surface area contributed by atoms with Crippen molar-refractivity contribution in [3.8, 4) is 0 Å². The molecule has 2 rings (SSSR count). The van der Waals surface area contributed by atoms with E-state index in [-0.39, 0.29) is 18.6 Å². The topological polar surface area (TPSA) is 68.2 Å². The fourth-order valence-electron chi connectivity index (χ4n) is 3.42. The minimum atomic E-state index is -1.26. The number of ether oxygens (including phenoxy) is 3. The number of nitrogens with zero attached hydrogens (tertiary/aromatic N) is 1. The van der Waals surface area contributed by atoms with Crippen molar-refractivity contribution >= 4 is 17.7 Å². The van der Waals surface area contributed by atoms with Crippen molar-refractivity contribution < 1.29 is 24.1 Å². The third-order valence-corrected chi connectivity index (χ3v) is 5.06. The van der Waals surface area contributed by atoms with Gasteiger partial charge in [-0.3, -0.25) is 0 Å². The molecule has 158 valence electrons. The van der Waals surface area contributed by atoms with Crippen molar-refractivity contribution in [2.45, 2.75) is 44.8 Å². The summed E-state index contributed by atoms with van der Waals surface area (Å²) in [5.74, 6) is -0.199. The minimum absolute atomic E-state index is 0.101. The van der Waals surface area contributed by atoms with Crippen molar-refractivity contribution in [2.75, 3.05) is 40.0 Å². The highest BCUT2D eigenvalue weighted by Gasteiger charge is 2.42. The van der Waals surface area contributed by atoms with Crippen molar-refractivity contribution in [1.82, 2.24) is 4.90 Å². The summed E-state index contributed by atoms with van der Waals surface area (Å²) in [6, 6.07) is 7.18. The molecule has 1 N–H and O–H groups in total. The molecule has 7 heteroatoms. The molecule has 1 aliphatic rings. The number of carbonyl (C=O) groups excluding carboxylic acids is 1. The zero-order chi connectivity index (χ0) is 20.8. The molecule has 6 nitrogen and oxygen atoms in total. The summed E-state index contributed by atoms with van der Waals surface area (Å²) in [7, 11) is 1.60. The van der Waals surface area contributed by atoms with Gasteiger partial charge in [0.1, 0.15) is 11.2 Å². The summed E-state index contributed by atoms with van der Waals surface area (Å²) < 4.78 is 16.2. The molecule has 2 atom stereocenters. The Balaban J connectivity index is 2.20. The molecule has 0 bridgehead atoms. The van der Waals surface area contributed by atoms with E-state index < -0.39 is 11.2 Å². The molecule has 1 aromatic carbocycles. The molecule has 0 saturated carbocycles. The Morgan fingerprint density at radius 2 is 2.07 bits per heavy atom. The number of amides is 1. The van der Waals surface area contributed by atoms with Crippen LogP contribution in [0.3, 0.4) is 0 Å². The number of carbonyl (C=O) groups is 1. The van der Waals surface area contributed by atoms with E-state index in [2.05, 4.69) is 0 Å². The number of aliphatic hydroxyl groups is 1. The van der Waals surface area contributed by atoms with Gasteiger partial charge in [0.2, 0.25) is 0 Å². The molecule has 0 radical (unpaired) electrons. The zero-order valence-electron chi connectivity index (χ0n) is 17.2. The van der Waals surface area contributed by atoms with Gasteiger partial charge in [0, 0.05) is 31.1 Å². The second kappa shape index (κ2) is 9.92. The lowest BCUT2D eigenvalue weighted by Crippen LogP contribution is -2.51. The molecule has 1 heterocycles. The van der Waals surface area contributed by atoms with Crippen LogP contribution in [-0.4, -0.2) is 61.7 Å². The first kappa shape index (κ1) is 22.9. The van der Waals surface area contributed by atoms with Crippen LogP contribution in [0.5, 0.6) is 0 Å². The Morgan fingerprint density at radius 3 is 2.71 bits per heavy atom. The zero-order valence-corrected chi connectivity index (χ0v) is 18.0. The van der Waals surface area contributed by atoms with E-state index in [1.165, 1.54) is 0 Å². The van der Waals surface area contributed by atoms with Crippen LogP contribution in [0.2, 0.25) is 5.02 Å². The molecule has 1 fully saturated rings. The van der Waals surface area contributed by atoms with Crippen molar-refractivity contribution in [3.05, 3.63) is 34.9 Å². The number of rotatable bonds is 7. The van der Waals surface area contributed by atoms with Gasteiger partial charge in [0.15, 0.2) is 0 Å². The number of piperidine rings is 1. The number of likely N-dealkylation sites (tertiary alicyclic amines) is 1. The third kappa shape index (κ3) is 6.34. The molecule has 1 aliphatic heterocycles.